The van der Waals surface area contributed by atoms with Crippen LogP contribution in [0.25, 0.3) is 0 Å². The van der Waals surface area contributed by atoms with Gasteiger partial charge in [0.15, 0.2) is 0 Å². The van der Waals surface area contributed by atoms with Crippen molar-refractivity contribution in [1.29, 1.82) is 0 Å². The highest BCUT2D eigenvalue weighted by Crippen LogP contribution is 2.20. The molecular formula is C10H19NO3. The van der Waals surface area contributed by atoms with E-state index in [2.05, 4.69) is 0 Å². The molecule has 1 heterocycles. The van der Waals surface area contributed by atoms with Gasteiger partial charge in [-0.3, -0.25) is 0 Å². The molecule has 0 bridgehead atoms. The lowest BCUT2D eigenvalue weighted by Crippen LogP contribution is -2.39. The van der Waals surface area contributed by atoms with Gasteiger partial charge in [-0.2, -0.15) is 0 Å². The smallest absolute Gasteiger partial charge is 0.410 e. The minimum Gasteiger partial charge on any atom is -0.444 e. The molecule has 0 saturated carbocycles. The number of ether oxygens (including phenoxy) is 1. The molecule has 1 amide bonds. The molecule has 0 aliphatic carbocycles. The van der Waals surface area contributed by atoms with E-state index < -0.39 is 11.7 Å². The van der Waals surface area contributed by atoms with Crippen LogP contribution in [0.3, 0.4) is 0 Å². The number of carbonyl (C=O) groups excluding carboxylic acids is 1. The van der Waals surface area contributed by atoms with Crippen molar-refractivity contribution in [2.75, 3.05) is 6.54 Å². The van der Waals surface area contributed by atoms with E-state index in [0.717, 1.165) is 0 Å². The number of carbonyl (C=O) groups is 1. The van der Waals surface area contributed by atoms with Gasteiger partial charge in [-0.1, -0.05) is 0 Å². The second-order valence-electron chi connectivity index (χ2n) is 4.87. The van der Waals surface area contributed by atoms with Crippen LogP contribution in [0.4, 0.5) is 4.79 Å². The second kappa shape index (κ2) is 3.77. The molecule has 1 fully saturated rings. The molecule has 0 aromatic carbocycles. The van der Waals surface area contributed by atoms with E-state index in [1.165, 1.54) is 0 Å². The third-order valence-electron chi connectivity index (χ3n) is 2.18. The molecule has 82 valence electrons. The van der Waals surface area contributed by atoms with Crippen LogP contribution < -0.4 is 0 Å². The molecule has 0 aromatic heterocycles. The minimum atomic E-state index is -0.468. The van der Waals surface area contributed by atoms with Gasteiger partial charge in [0, 0.05) is 6.04 Å². The quantitative estimate of drug-likeness (QED) is 0.644. The minimum absolute atomic E-state index is 0.0693. The average Bonchev–Trinajstić information content (AvgIpc) is 2.26. The summed E-state index contributed by atoms with van der Waals surface area (Å²) < 4.78 is 5.22. The van der Waals surface area contributed by atoms with Gasteiger partial charge < -0.3 is 14.7 Å². The Bertz CT molecular complexity index is 222. The van der Waals surface area contributed by atoms with Crippen LogP contribution in [-0.2, 0) is 4.74 Å². The van der Waals surface area contributed by atoms with E-state index in [1.54, 1.807) is 4.90 Å². The van der Waals surface area contributed by atoms with Crippen molar-refractivity contribution in [2.45, 2.75) is 51.9 Å². The first-order chi connectivity index (χ1) is 6.29. The van der Waals surface area contributed by atoms with Gasteiger partial charge in [-0.05, 0) is 34.1 Å². The normalized spacial score (nSPS) is 27.9. The Morgan fingerprint density at radius 2 is 2.07 bits per heavy atom. The molecule has 2 atom stereocenters. The van der Waals surface area contributed by atoms with Gasteiger partial charge in [0.2, 0.25) is 0 Å². The van der Waals surface area contributed by atoms with Crippen molar-refractivity contribution in [3.8, 4) is 0 Å². The number of amides is 1. The van der Waals surface area contributed by atoms with Gasteiger partial charge in [0.25, 0.3) is 0 Å². The van der Waals surface area contributed by atoms with Crippen LogP contribution in [0.1, 0.15) is 34.1 Å². The third kappa shape index (κ3) is 2.87. The lowest BCUT2D eigenvalue weighted by Gasteiger charge is -2.26. The first-order valence-corrected chi connectivity index (χ1v) is 4.97. The first kappa shape index (κ1) is 11.3. The average molecular weight is 201 g/mol. The number of aliphatic hydroxyl groups excluding tert-OH is 1. The topological polar surface area (TPSA) is 49.8 Å². The summed E-state index contributed by atoms with van der Waals surface area (Å²) in [6, 6.07) is 0.0693. The van der Waals surface area contributed by atoms with Gasteiger partial charge in [-0.15, -0.1) is 0 Å². The van der Waals surface area contributed by atoms with Crippen molar-refractivity contribution in [2.24, 2.45) is 0 Å². The molecule has 1 aliphatic rings. The van der Waals surface area contributed by atoms with Crippen LogP contribution in [-0.4, -0.2) is 40.4 Å². The molecule has 1 aliphatic heterocycles. The van der Waals surface area contributed by atoms with Gasteiger partial charge in [0.05, 0.1) is 12.6 Å². The van der Waals surface area contributed by atoms with Crippen molar-refractivity contribution in [3.05, 3.63) is 0 Å². The van der Waals surface area contributed by atoms with Crippen molar-refractivity contribution in [1.82, 2.24) is 4.90 Å². The van der Waals surface area contributed by atoms with Crippen molar-refractivity contribution < 1.29 is 14.6 Å². The molecular weight excluding hydrogens is 182 g/mol. The highest BCUT2D eigenvalue weighted by Gasteiger charge is 2.33. The highest BCUT2D eigenvalue weighted by molar-refractivity contribution is 5.69. The van der Waals surface area contributed by atoms with E-state index in [-0.39, 0.29) is 12.1 Å². The van der Waals surface area contributed by atoms with E-state index in [9.17, 15) is 9.90 Å². The number of hydrogen-bond acceptors (Lipinski definition) is 3. The molecule has 0 radical (unpaired) electrons. The summed E-state index contributed by atoms with van der Waals surface area (Å²) in [4.78, 5) is 13.2. The maximum Gasteiger partial charge on any atom is 0.410 e. The molecule has 0 aromatic rings. The maximum atomic E-state index is 11.6. The number of aliphatic hydroxyl groups is 1. The fourth-order valence-corrected chi connectivity index (χ4v) is 1.58. The Morgan fingerprint density at radius 3 is 2.43 bits per heavy atom. The van der Waals surface area contributed by atoms with E-state index >= 15 is 0 Å². The fraction of sp³-hybridized carbons (Fsp3) is 0.900. The summed E-state index contributed by atoms with van der Waals surface area (Å²) in [6.07, 6.45) is -0.0988. The Hall–Kier alpha value is -0.770. The number of β-amino-alcohol motifs (C(OH)–C–C–N with tert-alkyl or cyclic N) is 1. The van der Waals surface area contributed by atoms with Gasteiger partial charge in [-0.25, -0.2) is 4.79 Å². The molecule has 1 rings (SSSR count). The zero-order valence-corrected chi connectivity index (χ0v) is 9.28. The summed E-state index contributed by atoms with van der Waals surface area (Å²) in [5, 5.41) is 9.37. The van der Waals surface area contributed by atoms with Crippen LogP contribution >= 0.6 is 0 Å². The highest BCUT2D eigenvalue weighted by atomic mass is 16.6. The van der Waals surface area contributed by atoms with E-state index in [0.29, 0.717) is 13.0 Å². The van der Waals surface area contributed by atoms with Crippen LogP contribution in [0, 0.1) is 0 Å². The Kier molecular flexibility index (Phi) is 3.04. The number of hydrogen-bond donors (Lipinski definition) is 1. The van der Waals surface area contributed by atoms with Gasteiger partial charge >= 0.3 is 6.09 Å². The van der Waals surface area contributed by atoms with E-state index in [4.69, 9.17) is 4.74 Å². The molecule has 1 saturated heterocycles. The summed E-state index contributed by atoms with van der Waals surface area (Å²) in [5.41, 5.74) is -0.468. The maximum absolute atomic E-state index is 11.6. The molecule has 14 heavy (non-hydrogen) atoms. The summed E-state index contributed by atoms with van der Waals surface area (Å²) in [6.45, 7) is 7.81. The third-order valence-corrected chi connectivity index (χ3v) is 2.18. The number of nitrogens with zero attached hydrogens (tertiary/aromatic N) is 1. The summed E-state index contributed by atoms with van der Waals surface area (Å²) in [5.74, 6) is 0. The van der Waals surface area contributed by atoms with E-state index in [1.807, 2.05) is 27.7 Å². The molecule has 4 heteroatoms. The predicted molar refractivity (Wildman–Crippen MR) is 53.0 cm³/mol. The number of likely N-dealkylation sites (tertiary alicyclic amines) is 1. The Balaban J connectivity index is 2.53. The SMILES string of the molecule is C[C@@H]1CC(O)CN1C(=O)OC(C)(C)C. The van der Waals surface area contributed by atoms with Crippen LogP contribution in [0.15, 0.2) is 0 Å². The van der Waals surface area contributed by atoms with Crippen molar-refractivity contribution in [3.63, 3.8) is 0 Å². The first-order valence-electron chi connectivity index (χ1n) is 4.97. The molecule has 0 spiro atoms. The lowest BCUT2D eigenvalue weighted by atomic mass is 10.2. The van der Waals surface area contributed by atoms with Crippen molar-refractivity contribution >= 4 is 6.09 Å². The Morgan fingerprint density at radius 1 is 1.50 bits per heavy atom. The zero-order chi connectivity index (χ0) is 10.9. The molecule has 4 nitrogen and oxygen atoms in total. The lowest BCUT2D eigenvalue weighted by molar-refractivity contribution is 0.0220. The monoisotopic (exact) mass is 201 g/mol. The summed E-state index contributed by atoms with van der Waals surface area (Å²) >= 11 is 0. The largest absolute Gasteiger partial charge is 0.444 e. The van der Waals surface area contributed by atoms with Gasteiger partial charge in [0.1, 0.15) is 5.60 Å². The van der Waals surface area contributed by atoms with Crippen LogP contribution in [0.5, 0.6) is 0 Å². The second-order valence-corrected chi connectivity index (χ2v) is 4.87. The molecule has 1 N–H and O–H groups in total. The fourth-order valence-electron chi connectivity index (χ4n) is 1.58. The zero-order valence-electron chi connectivity index (χ0n) is 9.28. The predicted octanol–water partition coefficient (Wildman–Crippen LogP) is 1.38. The number of rotatable bonds is 0. The van der Waals surface area contributed by atoms with Crippen LogP contribution in [0.2, 0.25) is 0 Å². The molecule has 1 unspecified atom stereocenters. The Labute approximate surface area is 84.8 Å². The standard InChI is InChI=1S/C10H19NO3/c1-7-5-8(12)6-11(7)9(13)14-10(2,3)4/h7-8,12H,5-6H2,1-4H3/t7-,8?/m1/s1. The summed E-state index contributed by atoms with van der Waals surface area (Å²) in [7, 11) is 0.